The lowest BCUT2D eigenvalue weighted by Crippen LogP contribution is -2.39. The van der Waals surface area contributed by atoms with E-state index in [0.29, 0.717) is 32.0 Å². The van der Waals surface area contributed by atoms with Crippen LogP contribution in [0.1, 0.15) is 32.2 Å². The smallest absolute Gasteiger partial charge is 0.290 e. The van der Waals surface area contributed by atoms with E-state index >= 15 is 0 Å². The molecule has 7 nitrogen and oxygen atoms in total. The van der Waals surface area contributed by atoms with E-state index in [1.807, 2.05) is 54.6 Å². The fraction of sp³-hybridized carbons (Fsp3) is 0.227. The van der Waals surface area contributed by atoms with Gasteiger partial charge in [-0.05, 0) is 23.3 Å². The zero-order valence-corrected chi connectivity index (χ0v) is 16.2. The highest BCUT2D eigenvalue weighted by Crippen LogP contribution is 2.16. The maximum absolute atomic E-state index is 12.8. The van der Waals surface area contributed by atoms with Gasteiger partial charge in [0.05, 0.1) is 7.11 Å². The molecule has 0 spiro atoms. The van der Waals surface area contributed by atoms with E-state index in [2.05, 4.69) is 10.3 Å². The monoisotopic (exact) mass is 390 g/mol. The molecule has 0 saturated heterocycles. The van der Waals surface area contributed by atoms with Gasteiger partial charge >= 0.3 is 0 Å². The van der Waals surface area contributed by atoms with Gasteiger partial charge in [-0.15, -0.1) is 0 Å². The first-order chi connectivity index (χ1) is 14.1. The van der Waals surface area contributed by atoms with Crippen molar-refractivity contribution in [3.8, 4) is 5.75 Å². The number of carbonyl (C=O) groups is 2. The number of nitrogens with one attached hydrogen (secondary N) is 1. The molecule has 148 valence electrons. The number of carbonyl (C=O) groups excluding carboxylic acids is 2. The largest absolute Gasteiger partial charge is 0.497 e. The summed E-state index contributed by atoms with van der Waals surface area (Å²) in [7, 11) is 1.61. The van der Waals surface area contributed by atoms with Crippen molar-refractivity contribution in [2.45, 2.75) is 19.6 Å². The Hall–Kier alpha value is -3.61. The molecule has 1 aliphatic rings. The number of imidazole rings is 1. The fourth-order valence-electron chi connectivity index (χ4n) is 3.31. The van der Waals surface area contributed by atoms with Crippen LogP contribution in [0.2, 0.25) is 0 Å². The first-order valence-corrected chi connectivity index (χ1v) is 9.45. The van der Waals surface area contributed by atoms with Gasteiger partial charge in [-0.2, -0.15) is 0 Å². The summed E-state index contributed by atoms with van der Waals surface area (Å²) >= 11 is 0. The number of fused-ring (bicyclic) bond motifs is 1. The van der Waals surface area contributed by atoms with Gasteiger partial charge in [0.25, 0.3) is 11.8 Å². The topological polar surface area (TPSA) is 76.5 Å². The lowest BCUT2D eigenvalue weighted by Gasteiger charge is -2.27. The minimum absolute atomic E-state index is 0.158. The normalized spacial score (nSPS) is 13.1. The number of hydrogen-bond acceptors (Lipinski definition) is 4. The summed E-state index contributed by atoms with van der Waals surface area (Å²) in [6, 6.07) is 17.3. The van der Waals surface area contributed by atoms with Crippen molar-refractivity contribution in [2.24, 2.45) is 0 Å². The van der Waals surface area contributed by atoms with Crippen LogP contribution in [0, 0.1) is 0 Å². The molecule has 1 aromatic heterocycles. The summed E-state index contributed by atoms with van der Waals surface area (Å²) in [5.41, 5.74) is 2.27. The first kappa shape index (κ1) is 18.7. The third-order valence-corrected chi connectivity index (χ3v) is 4.93. The number of hydrogen-bond donors (Lipinski definition) is 1. The Morgan fingerprint density at radius 2 is 1.83 bits per heavy atom. The van der Waals surface area contributed by atoms with Gasteiger partial charge in [-0.3, -0.25) is 9.59 Å². The van der Waals surface area contributed by atoms with E-state index in [1.165, 1.54) is 0 Å². The van der Waals surface area contributed by atoms with Crippen LogP contribution in [0.5, 0.6) is 5.75 Å². The van der Waals surface area contributed by atoms with Crippen molar-refractivity contribution in [3.05, 3.63) is 83.4 Å². The van der Waals surface area contributed by atoms with E-state index in [0.717, 1.165) is 16.9 Å². The second-order valence-corrected chi connectivity index (χ2v) is 6.89. The maximum atomic E-state index is 12.8. The molecule has 3 aromatic rings. The predicted octanol–water partition coefficient (Wildman–Crippen LogP) is 2.48. The molecule has 1 N–H and O–H groups in total. The van der Waals surface area contributed by atoms with Crippen molar-refractivity contribution in [1.29, 1.82) is 0 Å². The molecular formula is C22H22N4O3. The highest BCUT2D eigenvalue weighted by Gasteiger charge is 2.28. The summed E-state index contributed by atoms with van der Waals surface area (Å²) < 4.78 is 6.89. The lowest BCUT2D eigenvalue weighted by atomic mass is 10.2. The minimum Gasteiger partial charge on any atom is -0.497 e. The molecule has 2 heterocycles. The van der Waals surface area contributed by atoms with Crippen LogP contribution in [0.15, 0.2) is 60.8 Å². The fourth-order valence-corrected chi connectivity index (χ4v) is 3.31. The molecule has 1 aliphatic heterocycles. The Kier molecular flexibility index (Phi) is 5.29. The van der Waals surface area contributed by atoms with Crippen LogP contribution in [0.3, 0.4) is 0 Å². The van der Waals surface area contributed by atoms with Crippen molar-refractivity contribution in [1.82, 2.24) is 19.8 Å². The third kappa shape index (κ3) is 4.13. The Bertz CT molecular complexity index is 1010. The molecule has 0 bridgehead atoms. The SMILES string of the molecule is COc1ccc(CNC(=O)c2cn3c(n2)C(=O)N(Cc2ccccc2)CC3)cc1. The van der Waals surface area contributed by atoms with Gasteiger partial charge in [-0.25, -0.2) is 4.98 Å². The molecule has 0 radical (unpaired) electrons. The van der Waals surface area contributed by atoms with Gasteiger partial charge in [0.1, 0.15) is 11.4 Å². The van der Waals surface area contributed by atoms with E-state index in [1.54, 1.807) is 22.8 Å². The zero-order chi connectivity index (χ0) is 20.2. The summed E-state index contributed by atoms with van der Waals surface area (Å²) in [5.74, 6) is 0.613. The number of amides is 2. The molecule has 29 heavy (non-hydrogen) atoms. The van der Waals surface area contributed by atoms with Crippen LogP contribution in [0.25, 0.3) is 0 Å². The van der Waals surface area contributed by atoms with Crippen molar-refractivity contribution < 1.29 is 14.3 Å². The van der Waals surface area contributed by atoms with Gasteiger partial charge in [0.2, 0.25) is 0 Å². The van der Waals surface area contributed by atoms with Crippen molar-refractivity contribution in [3.63, 3.8) is 0 Å². The number of aromatic nitrogens is 2. The second-order valence-electron chi connectivity index (χ2n) is 6.89. The molecule has 0 aliphatic carbocycles. The molecule has 0 saturated carbocycles. The van der Waals surface area contributed by atoms with Crippen molar-refractivity contribution in [2.75, 3.05) is 13.7 Å². The maximum Gasteiger partial charge on any atom is 0.290 e. The molecule has 2 amide bonds. The Morgan fingerprint density at radius 3 is 2.55 bits per heavy atom. The third-order valence-electron chi connectivity index (χ3n) is 4.93. The van der Waals surface area contributed by atoms with Crippen molar-refractivity contribution >= 4 is 11.8 Å². The van der Waals surface area contributed by atoms with Crippen LogP contribution in [0.4, 0.5) is 0 Å². The zero-order valence-electron chi connectivity index (χ0n) is 16.2. The Balaban J connectivity index is 1.41. The number of nitrogens with zero attached hydrogens (tertiary/aromatic N) is 3. The van der Waals surface area contributed by atoms with Gasteiger partial charge in [-0.1, -0.05) is 42.5 Å². The quantitative estimate of drug-likeness (QED) is 0.702. The van der Waals surface area contributed by atoms with Gasteiger partial charge in [0.15, 0.2) is 5.82 Å². The van der Waals surface area contributed by atoms with Crippen LogP contribution >= 0.6 is 0 Å². The Labute approximate surface area is 168 Å². The molecular weight excluding hydrogens is 368 g/mol. The van der Waals surface area contributed by atoms with Gasteiger partial charge < -0.3 is 19.5 Å². The number of methoxy groups -OCH3 is 1. The Morgan fingerprint density at radius 1 is 1.07 bits per heavy atom. The average molecular weight is 390 g/mol. The minimum atomic E-state index is -0.301. The van der Waals surface area contributed by atoms with E-state index in [9.17, 15) is 9.59 Å². The van der Waals surface area contributed by atoms with Gasteiger partial charge in [0, 0.05) is 32.4 Å². The van der Waals surface area contributed by atoms with E-state index in [4.69, 9.17) is 4.74 Å². The van der Waals surface area contributed by atoms with Crippen LogP contribution < -0.4 is 10.1 Å². The number of benzene rings is 2. The van der Waals surface area contributed by atoms with E-state index < -0.39 is 0 Å². The highest BCUT2D eigenvalue weighted by atomic mass is 16.5. The lowest BCUT2D eigenvalue weighted by molar-refractivity contribution is 0.0683. The number of ether oxygens (including phenoxy) is 1. The van der Waals surface area contributed by atoms with E-state index in [-0.39, 0.29) is 17.5 Å². The standard InChI is InChI=1S/C22H22N4O3/c1-29-18-9-7-16(8-10-18)13-23-21(27)19-15-25-11-12-26(22(28)20(25)24-19)14-17-5-3-2-4-6-17/h2-10,15H,11-14H2,1H3,(H,23,27). The first-order valence-electron chi connectivity index (χ1n) is 9.45. The molecule has 0 fully saturated rings. The summed E-state index contributed by atoms with van der Waals surface area (Å²) in [6.45, 7) is 2.11. The highest BCUT2D eigenvalue weighted by molar-refractivity contribution is 5.96. The molecule has 0 atom stereocenters. The summed E-state index contributed by atoms with van der Waals surface area (Å²) in [5, 5.41) is 2.85. The molecule has 0 unspecified atom stereocenters. The summed E-state index contributed by atoms with van der Waals surface area (Å²) in [4.78, 5) is 31.4. The number of rotatable bonds is 6. The summed E-state index contributed by atoms with van der Waals surface area (Å²) in [6.07, 6.45) is 1.65. The molecule has 4 rings (SSSR count). The van der Waals surface area contributed by atoms with Crippen LogP contribution in [-0.4, -0.2) is 39.9 Å². The average Bonchev–Trinajstić information content (AvgIpc) is 3.20. The second kappa shape index (κ2) is 8.18. The molecule has 2 aromatic carbocycles. The predicted molar refractivity (Wildman–Crippen MR) is 108 cm³/mol. The van der Waals surface area contributed by atoms with Crippen LogP contribution in [-0.2, 0) is 19.6 Å². The molecule has 7 heteroatoms.